The molecular weight excluding hydrogens is 487 g/mol. The number of nitrogens with one attached hydrogen (secondary N) is 2. The summed E-state index contributed by atoms with van der Waals surface area (Å²) in [6.45, 7) is -3.83. The number of benzene rings is 1. The number of nitrogens with zero attached hydrogens (tertiary/aromatic N) is 5. The first-order valence-corrected chi connectivity index (χ1v) is 12.0. The van der Waals surface area contributed by atoms with Crippen LogP contribution >= 0.6 is 0 Å². The number of halogens is 3. The minimum Gasteiger partial charge on any atom is -0.325 e. The first kappa shape index (κ1) is 24.2. The number of fused-ring (bicyclic) bond motifs is 1. The third-order valence-corrected chi connectivity index (χ3v) is 6.44. The number of sulfonamides is 1. The molecule has 3 aromatic rings. The van der Waals surface area contributed by atoms with Crippen LogP contribution in [-0.4, -0.2) is 49.1 Å². The van der Waals surface area contributed by atoms with Gasteiger partial charge in [0.15, 0.2) is 11.6 Å². The maximum Gasteiger partial charge on any atom is 0.316 e. The van der Waals surface area contributed by atoms with Gasteiger partial charge in [-0.1, -0.05) is 6.07 Å². The lowest BCUT2D eigenvalue weighted by Crippen LogP contribution is -2.33. The summed E-state index contributed by atoms with van der Waals surface area (Å²) in [4.78, 5) is 23.7. The largest absolute Gasteiger partial charge is 0.325 e. The van der Waals surface area contributed by atoms with Crippen LogP contribution in [-0.2, 0) is 27.8 Å². The molecule has 0 fully saturated rings. The second-order valence-corrected chi connectivity index (χ2v) is 9.71. The minimum absolute atomic E-state index is 0.0254. The van der Waals surface area contributed by atoms with E-state index in [-0.39, 0.29) is 29.7 Å². The Balaban J connectivity index is 1.64. The second kappa shape index (κ2) is 9.37. The summed E-state index contributed by atoms with van der Waals surface area (Å²) in [7, 11) is -2.45. The van der Waals surface area contributed by atoms with Gasteiger partial charge in [-0.05, 0) is 29.8 Å². The fourth-order valence-electron chi connectivity index (χ4n) is 3.46. The maximum atomic E-state index is 14.6. The molecule has 0 aliphatic carbocycles. The van der Waals surface area contributed by atoms with E-state index in [9.17, 15) is 26.4 Å². The summed E-state index contributed by atoms with van der Waals surface area (Å²) in [6, 6.07) is 7.85. The number of hydrogen-bond donors (Lipinski definition) is 2. The van der Waals surface area contributed by atoms with Crippen molar-refractivity contribution in [2.24, 2.45) is 0 Å². The summed E-state index contributed by atoms with van der Waals surface area (Å²) in [5, 5.41) is 5.50. The van der Waals surface area contributed by atoms with Gasteiger partial charge in [-0.2, -0.15) is 13.8 Å². The average molecular weight is 507 g/mol. The Morgan fingerprint density at radius 3 is 2.71 bits per heavy atom. The Hall–Kier alpha value is -3.94. The molecule has 1 aromatic carbocycles. The molecule has 2 N–H and O–H groups in total. The van der Waals surface area contributed by atoms with Crippen LogP contribution in [0.2, 0.25) is 0 Å². The predicted molar refractivity (Wildman–Crippen MR) is 124 cm³/mol. The molecule has 2 aromatic heterocycles. The van der Waals surface area contributed by atoms with Gasteiger partial charge in [0.1, 0.15) is 0 Å². The summed E-state index contributed by atoms with van der Waals surface area (Å²) in [5.41, 5.74) is 1.88. The molecule has 0 saturated carbocycles. The van der Waals surface area contributed by atoms with Gasteiger partial charge in [-0.15, -0.1) is 0 Å². The molecule has 0 radical (unpaired) electrons. The monoisotopic (exact) mass is 507 g/mol. The number of aromatic nitrogens is 3. The van der Waals surface area contributed by atoms with Gasteiger partial charge in [-0.3, -0.25) is 19.0 Å². The van der Waals surface area contributed by atoms with Crippen LogP contribution in [0, 0.1) is 5.82 Å². The highest BCUT2D eigenvalue weighted by atomic mass is 32.2. The van der Waals surface area contributed by atoms with Crippen molar-refractivity contribution < 1.29 is 26.4 Å². The van der Waals surface area contributed by atoms with Crippen molar-refractivity contribution in [2.75, 3.05) is 33.1 Å². The molecule has 14 heteroatoms. The van der Waals surface area contributed by atoms with E-state index in [1.807, 2.05) is 0 Å². The number of alkyl halides is 2. The van der Waals surface area contributed by atoms with Crippen LogP contribution in [0.4, 0.5) is 42.0 Å². The standard InChI is InChI=1S/C21H20F3N7O3S/c1-30(35(2,33)34)17-4-3-7-25-16(17)11-31(20(23)24)19-14(22)10-26-21(29-19)27-13-6-5-12-8-18(32)28-15(12)9-13/h3-7,9-10,20H,8,11H2,1-2H3,(H,28,32)(H,26,27,29). The molecule has 35 heavy (non-hydrogen) atoms. The van der Waals surface area contributed by atoms with E-state index >= 15 is 0 Å². The summed E-state index contributed by atoms with van der Waals surface area (Å²) in [5.74, 6) is -2.12. The summed E-state index contributed by atoms with van der Waals surface area (Å²) in [6.07, 6.45) is 3.27. The molecule has 4 rings (SSSR count). The van der Waals surface area contributed by atoms with Gasteiger partial charge in [0, 0.05) is 24.6 Å². The predicted octanol–water partition coefficient (Wildman–Crippen LogP) is 2.87. The third-order valence-electron chi connectivity index (χ3n) is 5.25. The van der Waals surface area contributed by atoms with E-state index in [1.54, 1.807) is 18.2 Å². The van der Waals surface area contributed by atoms with Crippen molar-refractivity contribution in [1.82, 2.24) is 15.0 Å². The van der Waals surface area contributed by atoms with Crippen molar-refractivity contribution in [1.29, 1.82) is 0 Å². The fourth-order valence-corrected chi connectivity index (χ4v) is 3.98. The lowest BCUT2D eigenvalue weighted by Gasteiger charge is -2.26. The molecule has 1 amide bonds. The lowest BCUT2D eigenvalue weighted by molar-refractivity contribution is -0.115. The highest BCUT2D eigenvalue weighted by Crippen LogP contribution is 2.30. The Labute approximate surface area is 198 Å². The Kier molecular flexibility index (Phi) is 6.47. The van der Waals surface area contributed by atoms with Crippen LogP contribution in [0.5, 0.6) is 0 Å². The summed E-state index contributed by atoms with van der Waals surface area (Å²) < 4.78 is 67.5. The molecule has 184 valence electrons. The van der Waals surface area contributed by atoms with Crippen molar-refractivity contribution >= 4 is 44.8 Å². The molecule has 0 atom stereocenters. The zero-order valence-electron chi connectivity index (χ0n) is 18.5. The normalized spacial score (nSPS) is 12.9. The molecule has 0 bridgehead atoms. The van der Waals surface area contributed by atoms with Gasteiger partial charge >= 0.3 is 6.55 Å². The molecular formula is C21H20F3N7O3S. The van der Waals surface area contributed by atoms with E-state index < -0.39 is 34.8 Å². The fraction of sp³-hybridized carbons (Fsp3) is 0.238. The molecule has 1 aliphatic rings. The van der Waals surface area contributed by atoms with Crippen molar-refractivity contribution in [3.63, 3.8) is 0 Å². The molecule has 3 heterocycles. The van der Waals surface area contributed by atoms with Crippen molar-refractivity contribution in [3.05, 3.63) is 59.8 Å². The number of amides is 1. The van der Waals surface area contributed by atoms with E-state index in [2.05, 4.69) is 25.6 Å². The van der Waals surface area contributed by atoms with Gasteiger partial charge in [0.25, 0.3) is 0 Å². The number of carbonyl (C=O) groups is 1. The highest BCUT2D eigenvalue weighted by Gasteiger charge is 2.27. The number of carbonyl (C=O) groups excluding carboxylic acids is 1. The van der Waals surface area contributed by atoms with Crippen molar-refractivity contribution in [2.45, 2.75) is 19.5 Å². The minimum atomic E-state index is -3.71. The number of anilines is 5. The first-order valence-electron chi connectivity index (χ1n) is 10.2. The van der Waals surface area contributed by atoms with Gasteiger partial charge in [-0.25, -0.2) is 17.8 Å². The van der Waals surface area contributed by atoms with E-state index in [4.69, 9.17) is 0 Å². The van der Waals surface area contributed by atoms with E-state index in [0.717, 1.165) is 22.3 Å². The van der Waals surface area contributed by atoms with Gasteiger partial charge in [0.05, 0.1) is 36.8 Å². The molecule has 0 saturated heterocycles. The van der Waals surface area contributed by atoms with Crippen LogP contribution in [0.15, 0.2) is 42.7 Å². The zero-order chi connectivity index (χ0) is 25.3. The highest BCUT2D eigenvalue weighted by molar-refractivity contribution is 7.92. The summed E-state index contributed by atoms with van der Waals surface area (Å²) >= 11 is 0. The average Bonchev–Trinajstić information content (AvgIpc) is 3.17. The zero-order valence-corrected chi connectivity index (χ0v) is 19.4. The maximum absolute atomic E-state index is 14.6. The van der Waals surface area contributed by atoms with E-state index in [0.29, 0.717) is 16.3 Å². The smallest absolute Gasteiger partial charge is 0.316 e. The van der Waals surface area contributed by atoms with Crippen molar-refractivity contribution in [3.8, 4) is 0 Å². The topological polar surface area (TPSA) is 120 Å². The van der Waals surface area contributed by atoms with Gasteiger partial charge in [0.2, 0.25) is 21.9 Å². The Bertz CT molecular complexity index is 1390. The molecule has 10 nitrogen and oxygen atoms in total. The van der Waals surface area contributed by atoms with Crippen LogP contribution in [0.3, 0.4) is 0 Å². The number of hydrogen-bond acceptors (Lipinski definition) is 8. The third kappa shape index (κ3) is 5.26. The second-order valence-electron chi connectivity index (χ2n) is 7.69. The van der Waals surface area contributed by atoms with Crippen LogP contribution in [0.25, 0.3) is 0 Å². The molecule has 1 aliphatic heterocycles. The Morgan fingerprint density at radius 2 is 2.00 bits per heavy atom. The SMILES string of the molecule is CN(c1cccnc1CN(c1nc(Nc2ccc3c(c2)NC(=O)C3)ncc1F)C(F)F)S(C)(=O)=O. The van der Waals surface area contributed by atoms with Crippen LogP contribution < -0.4 is 19.8 Å². The number of rotatable bonds is 8. The van der Waals surface area contributed by atoms with Crippen LogP contribution in [0.1, 0.15) is 11.3 Å². The Morgan fingerprint density at radius 1 is 1.23 bits per heavy atom. The lowest BCUT2D eigenvalue weighted by atomic mass is 10.1. The quantitative estimate of drug-likeness (QED) is 0.447. The first-order chi connectivity index (χ1) is 16.5. The molecule has 0 spiro atoms. The van der Waals surface area contributed by atoms with Gasteiger partial charge < -0.3 is 10.6 Å². The molecule has 0 unspecified atom stereocenters. The van der Waals surface area contributed by atoms with E-state index in [1.165, 1.54) is 25.4 Å². The number of pyridine rings is 1.